The molecule has 0 atom stereocenters. The average Bonchev–Trinajstić information content (AvgIpc) is 2.10. The number of hydrogen-bond donors (Lipinski definition) is 1. The van der Waals surface area contributed by atoms with Gasteiger partial charge in [-0.15, -0.1) is 5.92 Å². The summed E-state index contributed by atoms with van der Waals surface area (Å²) in [7, 11) is 0. The summed E-state index contributed by atoms with van der Waals surface area (Å²) in [4.78, 5) is 10.3. The highest BCUT2D eigenvalue weighted by Gasteiger charge is 1.99. The lowest BCUT2D eigenvalue weighted by Gasteiger charge is -1.90. The summed E-state index contributed by atoms with van der Waals surface area (Å²) in [5, 5.41) is 8.46. The molecule has 0 heterocycles. The van der Waals surface area contributed by atoms with Gasteiger partial charge < -0.3 is 5.11 Å². The molecule has 0 unspecified atom stereocenters. The lowest BCUT2D eigenvalue weighted by Crippen LogP contribution is -1.96. The Morgan fingerprint density at radius 2 is 2.08 bits per heavy atom. The van der Waals surface area contributed by atoms with Crippen molar-refractivity contribution in [2.75, 3.05) is 0 Å². The second kappa shape index (κ2) is 7.42. The SMILES string of the molecule is C=C(CC#CCCCCC)C(=O)O. The standard InChI is InChI=1S/C11H16O2/c1-3-4-5-6-7-8-9-10(2)11(12)13/h2-6,9H2,1H3,(H,12,13). The van der Waals surface area contributed by atoms with Crippen molar-refractivity contribution in [3.63, 3.8) is 0 Å². The van der Waals surface area contributed by atoms with Crippen LogP contribution in [0.5, 0.6) is 0 Å². The molecule has 0 saturated carbocycles. The van der Waals surface area contributed by atoms with Crippen molar-refractivity contribution in [3.8, 4) is 11.8 Å². The van der Waals surface area contributed by atoms with Crippen molar-refractivity contribution >= 4 is 5.97 Å². The summed E-state index contributed by atoms with van der Waals surface area (Å²) in [5.74, 6) is 4.77. The number of hydrogen-bond acceptors (Lipinski definition) is 1. The van der Waals surface area contributed by atoms with Gasteiger partial charge in [-0.1, -0.05) is 32.3 Å². The Balaban J connectivity index is 3.50. The molecule has 0 amide bonds. The molecule has 2 heteroatoms. The molecule has 2 nitrogen and oxygen atoms in total. The van der Waals surface area contributed by atoms with Crippen LogP contribution in [0.2, 0.25) is 0 Å². The van der Waals surface area contributed by atoms with E-state index in [1.165, 1.54) is 12.8 Å². The molecule has 0 fully saturated rings. The first-order chi connectivity index (χ1) is 6.18. The number of unbranched alkanes of at least 4 members (excludes halogenated alkanes) is 3. The molecule has 0 aromatic heterocycles. The van der Waals surface area contributed by atoms with E-state index in [0.29, 0.717) is 0 Å². The first-order valence-corrected chi connectivity index (χ1v) is 4.55. The van der Waals surface area contributed by atoms with Crippen LogP contribution in [0.3, 0.4) is 0 Å². The fraction of sp³-hybridized carbons (Fsp3) is 0.545. The molecule has 0 aromatic carbocycles. The average molecular weight is 180 g/mol. The molecule has 1 N–H and O–H groups in total. The highest BCUT2D eigenvalue weighted by Crippen LogP contribution is 1.98. The van der Waals surface area contributed by atoms with Gasteiger partial charge in [0.15, 0.2) is 0 Å². The van der Waals surface area contributed by atoms with Crippen molar-refractivity contribution in [1.29, 1.82) is 0 Å². The van der Waals surface area contributed by atoms with Crippen LogP contribution in [0.1, 0.15) is 39.0 Å². The summed E-state index contributed by atoms with van der Waals surface area (Å²) in [6.45, 7) is 5.52. The topological polar surface area (TPSA) is 37.3 Å². The Labute approximate surface area is 79.7 Å². The predicted molar refractivity (Wildman–Crippen MR) is 53.3 cm³/mol. The van der Waals surface area contributed by atoms with Gasteiger partial charge in [0.1, 0.15) is 0 Å². The van der Waals surface area contributed by atoms with Crippen LogP contribution in [0.4, 0.5) is 0 Å². The third-order valence-corrected chi connectivity index (χ3v) is 1.63. The number of carboxylic acid groups (broad SMARTS) is 1. The molecular formula is C11H16O2. The Hall–Kier alpha value is -1.23. The Morgan fingerprint density at radius 3 is 2.62 bits per heavy atom. The minimum Gasteiger partial charge on any atom is -0.478 e. The van der Waals surface area contributed by atoms with E-state index in [2.05, 4.69) is 25.3 Å². The number of aliphatic carboxylic acids is 1. The Bertz CT molecular complexity index is 230. The zero-order chi connectivity index (χ0) is 10.1. The van der Waals surface area contributed by atoms with E-state index in [0.717, 1.165) is 12.8 Å². The molecule has 0 aliphatic carbocycles. The summed E-state index contributed by atoms with van der Waals surface area (Å²) >= 11 is 0. The highest BCUT2D eigenvalue weighted by atomic mass is 16.4. The van der Waals surface area contributed by atoms with Crippen molar-refractivity contribution in [2.24, 2.45) is 0 Å². The van der Waals surface area contributed by atoms with E-state index in [4.69, 9.17) is 5.11 Å². The van der Waals surface area contributed by atoms with Crippen LogP contribution < -0.4 is 0 Å². The maximum atomic E-state index is 10.3. The zero-order valence-corrected chi connectivity index (χ0v) is 8.10. The molecule has 0 aromatic rings. The minimum absolute atomic E-state index is 0.169. The number of carboxylic acids is 1. The van der Waals surface area contributed by atoms with Crippen LogP contribution >= 0.6 is 0 Å². The van der Waals surface area contributed by atoms with Gasteiger partial charge in [0.2, 0.25) is 0 Å². The molecule has 0 aliphatic rings. The molecular weight excluding hydrogens is 164 g/mol. The first-order valence-electron chi connectivity index (χ1n) is 4.55. The summed E-state index contributed by atoms with van der Waals surface area (Å²) in [5.41, 5.74) is 0.169. The molecule has 0 saturated heterocycles. The van der Waals surface area contributed by atoms with E-state index in [9.17, 15) is 4.79 Å². The lowest BCUT2D eigenvalue weighted by molar-refractivity contribution is -0.132. The van der Waals surface area contributed by atoms with Crippen molar-refractivity contribution in [3.05, 3.63) is 12.2 Å². The molecule has 0 radical (unpaired) electrons. The molecule has 0 aliphatic heterocycles. The van der Waals surface area contributed by atoms with Gasteiger partial charge in [0.05, 0.1) is 0 Å². The summed E-state index contributed by atoms with van der Waals surface area (Å²) in [6, 6.07) is 0. The number of rotatable bonds is 5. The minimum atomic E-state index is -0.956. The highest BCUT2D eigenvalue weighted by molar-refractivity contribution is 5.86. The quantitative estimate of drug-likeness (QED) is 0.401. The third kappa shape index (κ3) is 7.14. The van der Waals surface area contributed by atoms with Gasteiger partial charge >= 0.3 is 5.97 Å². The molecule has 13 heavy (non-hydrogen) atoms. The largest absolute Gasteiger partial charge is 0.478 e. The van der Waals surface area contributed by atoms with Gasteiger partial charge in [-0.05, 0) is 6.42 Å². The molecule has 0 rings (SSSR count). The monoisotopic (exact) mass is 180 g/mol. The molecule has 72 valence electrons. The second-order valence-electron chi connectivity index (χ2n) is 2.90. The van der Waals surface area contributed by atoms with Crippen LogP contribution in [-0.4, -0.2) is 11.1 Å². The van der Waals surface area contributed by atoms with Gasteiger partial charge in [0, 0.05) is 18.4 Å². The first kappa shape index (κ1) is 11.8. The van der Waals surface area contributed by atoms with Gasteiger partial charge in [0.25, 0.3) is 0 Å². The van der Waals surface area contributed by atoms with Gasteiger partial charge in [-0.3, -0.25) is 0 Å². The normalized spacial score (nSPS) is 8.69. The van der Waals surface area contributed by atoms with Crippen molar-refractivity contribution in [2.45, 2.75) is 39.0 Å². The maximum Gasteiger partial charge on any atom is 0.331 e. The van der Waals surface area contributed by atoms with Crippen molar-refractivity contribution < 1.29 is 9.90 Å². The van der Waals surface area contributed by atoms with E-state index < -0.39 is 5.97 Å². The second-order valence-corrected chi connectivity index (χ2v) is 2.90. The van der Waals surface area contributed by atoms with Gasteiger partial charge in [-0.2, -0.15) is 0 Å². The zero-order valence-electron chi connectivity index (χ0n) is 8.10. The smallest absolute Gasteiger partial charge is 0.331 e. The van der Waals surface area contributed by atoms with E-state index in [1.54, 1.807) is 0 Å². The molecule has 0 bridgehead atoms. The predicted octanol–water partition coefficient (Wildman–Crippen LogP) is 2.60. The van der Waals surface area contributed by atoms with Gasteiger partial charge in [-0.25, -0.2) is 4.79 Å². The Kier molecular flexibility index (Phi) is 6.72. The third-order valence-electron chi connectivity index (χ3n) is 1.63. The van der Waals surface area contributed by atoms with Crippen LogP contribution in [0.15, 0.2) is 12.2 Å². The fourth-order valence-electron chi connectivity index (χ4n) is 0.797. The van der Waals surface area contributed by atoms with Crippen LogP contribution in [0, 0.1) is 11.8 Å². The molecule has 0 spiro atoms. The lowest BCUT2D eigenvalue weighted by atomic mass is 10.2. The van der Waals surface area contributed by atoms with Crippen LogP contribution in [0.25, 0.3) is 0 Å². The van der Waals surface area contributed by atoms with Crippen molar-refractivity contribution in [1.82, 2.24) is 0 Å². The van der Waals surface area contributed by atoms with Crippen LogP contribution in [-0.2, 0) is 4.79 Å². The number of carbonyl (C=O) groups is 1. The Morgan fingerprint density at radius 1 is 1.38 bits per heavy atom. The van der Waals surface area contributed by atoms with E-state index >= 15 is 0 Å². The summed E-state index contributed by atoms with van der Waals surface area (Å²) < 4.78 is 0. The fourth-order valence-corrected chi connectivity index (χ4v) is 0.797. The summed E-state index contributed by atoms with van der Waals surface area (Å²) in [6.07, 6.45) is 4.61. The van der Waals surface area contributed by atoms with E-state index in [1.807, 2.05) is 0 Å². The van der Waals surface area contributed by atoms with E-state index in [-0.39, 0.29) is 12.0 Å². The maximum absolute atomic E-state index is 10.3.